The number of hydrogen-bond donors (Lipinski definition) is 0. The Morgan fingerprint density at radius 3 is 2.53 bits per heavy atom. The summed E-state index contributed by atoms with van der Waals surface area (Å²) >= 11 is 0. The van der Waals surface area contributed by atoms with Crippen molar-refractivity contribution in [1.29, 1.82) is 0 Å². The molecule has 2 rings (SSSR count). The highest BCUT2D eigenvalue weighted by atomic mass is 16.5. The van der Waals surface area contributed by atoms with Crippen LogP contribution in [0.3, 0.4) is 0 Å². The highest BCUT2D eigenvalue weighted by molar-refractivity contribution is 5.67. The largest absolute Gasteiger partial charge is 0.360 e. The van der Waals surface area contributed by atoms with Crippen LogP contribution in [0.2, 0.25) is 0 Å². The van der Waals surface area contributed by atoms with Crippen LogP contribution in [0, 0.1) is 24.7 Å². The van der Waals surface area contributed by atoms with Crippen LogP contribution in [0.15, 0.2) is 34.9 Å². The van der Waals surface area contributed by atoms with E-state index in [9.17, 15) is 0 Å². The Labute approximate surface area is 102 Å². The van der Waals surface area contributed by atoms with E-state index in [1.54, 1.807) is 0 Å². The van der Waals surface area contributed by atoms with Gasteiger partial charge < -0.3 is 4.52 Å². The lowest BCUT2D eigenvalue weighted by atomic mass is 10.1. The van der Waals surface area contributed by atoms with Gasteiger partial charge in [-0.1, -0.05) is 61.2 Å². The summed E-state index contributed by atoms with van der Waals surface area (Å²) < 4.78 is 5.23. The highest BCUT2D eigenvalue weighted by Crippen LogP contribution is 2.24. The van der Waals surface area contributed by atoms with Gasteiger partial charge in [0.2, 0.25) is 0 Å². The molecule has 0 fully saturated rings. The molecule has 1 aromatic carbocycles. The number of rotatable bonds is 1. The molecule has 0 radical (unpaired) electrons. The van der Waals surface area contributed by atoms with E-state index in [0.717, 1.165) is 22.6 Å². The van der Waals surface area contributed by atoms with Gasteiger partial charge in [-0.2, -0.15) is 0 Å². The third kappa shape index (κ3) is 2.57. The molecule has 1 aromatic heterocycles. The Bertz CT molecular complexity index is 556. The van der Waals surface area contributed by atoms with Crippen LogP contribution in [-0.2, 0) is 0 Å². The second kappa shape index (κ2) is 4.88. The van der Waals surface area contributed by atoms with E-state index >= 15 is 0 Å². The first-order chi connectivity index (χ1) is 8.18. The minimum Gasteiger partial charge on any atom is -0.360 e. The molecule has 0 aliphatic heterocycles. The van der Waals surface area contributed by atoms with Gasteiger partial charge >= 0.3 is 0 Å². The van der Waals surface area contributed by atoms with Crippen molar-refractivity contribution in [3.05, 3.63) is 41.7 Å². The maximum atomic E-state index is 5.23. The Hall–Kier alpha value is -2.01. The third-order valence-electron chi connectivity index (χ3n) is 2.40. The van der Waals surface area contributed by atoms with Gasteiger partial charge in [0.15, 0.2) is 0 Å². The van der Waals surface area contributed by atoms with Crippen LogP contribution in [0.4, 0.5) is 0 Å². The smallest absolute Gasteiger partial charge is 0.149 e. The van der Waals surface area contributed by atoms with E-state index in [2.05, 4.69) is 30.8 Å². The summed E-state index contributed by atoms with van der Waals surface area (Å²) in [7, 11) is 0. The molecular weight excluding hydrogens is 210 g/mol. The van der Waals surface area contributed by atoms with Crippen LogP contribution < -0.4 is 0 Å². The van der Waals surface area contributed by atoms with E-state index in [4.69, 9.17) is 4.52 Å². The lowest BCUT2D eigenvalue weighted by Crippen LogP contribution is -1.84. The van der Waals surface area contributed by atoms with Gasteiger partial charge in [0.25, 0.3) is 0 Å². The molecule has 17 heavy (non-hydrogen) atoms. The quantitative estimate of drug-likeness (QED) is 0.692. The molecule has 0 unspecified atom stereocenters. The van der Waals surface area contributed by atoms with E-state index in [-0.39, 0.29) is 0 Å². The van der Waals surface area contributed by atoms with Gasteiger partial charge in [0.05, 0.1) is 5.56 Å². The molecule has 2 heteroatoms. The minimum absolute atomic E-state index is 0.341. The summed E-state index contributed by atoms with van der Waals surface area (Å²) in [6.45, 7) is 6.03. The molecular formula is C15H15NO. The monoisotopic (exact) mass is 225 g/mol. The average molecular weight is 225 g/mol. The predicted octanol–water partition coefficient (Wildman–Crippen LogP) is 3.66. The van der Waals surface area contributed by atoms with Gasteiger partial charge in [0.1, 0.15) is 11.5 Å². The van der Waals surface area contributed by atoms with E-state index in [1.807, 2.05) is 37.3 Å². The SMILES string of the molecule is Cc1onc(-c2ccccc2)c1C#CC(C)C. The number of benzene rings is 1. The number of hydrogen-bond acceptors (Lipinski definition) is 2. The Kier molecular flexibility index (Phi) is 3.30. The van der Waals surface area contributed by atoms with E-state index in [1.165, 1.54) is 0 Å². The lowest BCUT2D eigenvalue weighted by molar-refractivity contribution is 0.399. The Morgan fingerprint density at radius 2 is 1.88 bits per heavy atom. The maximum Gasteiger partial charge on any atom is 0.149 e. The summed E-state index contributed by atoms with van der Waals surface area (Å²) in [5.74, 6) is 7.42. The van der Waals surface area contributed by atoms with Crippen molar-refractivity contribution in [2.75, 3.05) is 0 Å². The maximum absolute atomic E-state index is 5.23. The normalized spacial score (nSPS) is 10.1. The fraction of sp³-hybridized carbons (Fsp3) is 0.267. The van der Waals surface area contributed by atoms with Crippen molar-refractivity contribution in [3.63, 3.8) is 0 Å². The second-order valence-electron chi connectivity index (χ2n) is 4.25. The molecule has 86 valence electrons. The Balaban J connectivity index is 2.48. The van der Waals surface area contributed by atoms with E-state index < -0.39 is 0 Å². The van der Waals surface area contributed by atoms with Crippen LogP contribution >= 0.6 is 0 Å². The van der Waals surface area contributed by atoms with Crippen molar-refractivity contribution in [1.82, 2.24) is 5.16 Å². The first-order valence-electron chi connectivity index (χ1n) is 5.71. The van der Waals surface area contributed by atoms with Crippen LogP contribution in [-0.4, -0.2) is 5.16 Å². The minimum atomic E-state index is 0.341. The highest BCUT2D eigenvalue weighted by Gasteiger charge is 2.12. The summed E-state index contributed by atoms with van der Waals surface area (Å²) in [4.78, 5) is 0. The first kappa shape index (κ1) is 11.5. The van der Waals surface area contributed by atoms with Crippen molar-refractivity contribution < 1.29 is 4.52 Å². The van der Waals surface area contributed by atoms with Gasteiger partial charge in [-0.05, 0) is 6.92 Å². The van der Waals surface area contributed by atoms with Gasteiger partial charge in [-0.15, -0.1) is 0 Å². The Morgan fingerprint density at radius 1 is 1.18 bits per heavy atom. The molecule has 2 aromatic rings. The molecule has 0 aliphatic carbocycles. The number of aromatic nitrogens is 1. The molecule has 0 atom stereocenters. The topological polar surface area (TPSA) is 26.0 Å². The summed E-state index contributed by atoms with van der Waals surface area (Å²) in [5.41, 5.74) is 2.76. The lowest BCUT2D eigenvalue weighted by Gasteiger charge is -1.96. The first-order valence-corrected chi connectivity index (χ1v) is 5.71. The van der Waals surface area contributed by atoms with Crippen LogP contribution in [0.1, 0.15) is 25.2 Å². The van der Waals surface area contributed by atoms with Crippen molar-refractivity contribution in [2.45, 2.75) is 20.8 Å². The summed E-state index contributed by atoms with van der Waals surface area (Å²) in [5, 5.41) is 4.09. The summed E-state index contributed by atoms with van der Waals surface area (Å²) in [6.07, 6.45) is 0. The molecule has 0 saturated heterocycles. The number of aryl methyl sites for hydroxylation is 1. The van der Waals surface area contributed by atoms with Crippen LogP contribution in [0.25, 0.3) is 11.3 Å². The third-order valence-corrected chi connectivity index (χ3v) is 2.40. The number of nitrogens with zero attached hydrogens (tertiary/aromatic N) is 1. The zero-order valence-electron chi connectivity index (χ0n) is 10.3. The van der Waals surface area contributed by atoms with Crippen molar-refractivity contribution in [2.24, 2.45) is 5.92 Å². The zero-order valence-corrected chi connectivity index (χ0v) is 10.3. The van der Waals surface area contributed by atoms with Gasteiger partial charge in [0, 0.05) is 11.5 Å². The fourth-order valence-corrected chi connectivity index (χ4v) is 1.53. The molecule has 0 N–H and O–H groups in total. The fourth-order valence-electron chi connectivity index (χ4n) is 1.53. The standard InChI is InChI=1S/C15H15NO/c1-11(2)9-10-14-12(3)17-16-15(14)13-7-5-4-6-8-13/h4-8,11H,1-3H3. The van der Waals surface area contributed by atoms with Crippen molar-refractivity contribution >= 4 is 0 Å². The summed E-state index contributed by atoms with van der Waals surface area (Å²) in [6, 6.07) is 9.98. The average Bonchev–Trinajstić information content (AvgIpc) is 2.69. The molecule has 0 bridgehead atoms. The molecule has 0 aliphatic rings. The zero-order chi connectivity index (χ0) is 12.3. The molecule has 2 nitrogen and oxygen atoms in total. The van der Waals surface area contributed by atoms with Gasteiger partial charge in [-0.3, -0.25) is 0 Å². The molecule has 0 spiro atoms. The molecule has 1 heterocycles. The predicted molar refractivity (Wildman–Crippen MR) is 68.4 cm³/mol. The molecule has 0 amide bonds. The van der Waals surface area contributed by atoms with Crippen molar-refractivity contribution in [3.8, 4) is 23.1 Å². The van der Waals surface area contributed by atoms with E-state index in [0.29, 0.717) is 5.92 Å². The second-order valence-corrected chi connectivity index (χ2v) is 4.25. The molecule has 0 saturated carbocycles. The van der Waals surface area contributed by atoms with Gasteiger partial charge in [-0.25, -0.2) is 0 Å². The van der Waals surface area contributed by atoms with Crippen LogP contribution in [0.5, 0.6) is 0 Å².